The van der Waals surface area contributed by atoms with Gasteiger partial charge in [0.05, 0.1) is 11.4 Å². The quantitative estimate of drug-likeness (QED) is 0.848. The summed E-state index contributed by atoms with van der Waals surface area (Å²) in [5.74, 6) is 0.223. The predicted octanol–water partition coefficient (Wildman–Crippen LogP) is 3.01. The Kier molecular flexibility index (Phi) is 4.63. The number of hydrogen-bond donors (Lipinski definition) is 2. The normalized spacial score (nSPS) is 10.3. The molecule has 2 rings (SSSR count). The van der Waals surface area contributed by atoms with Crippen molar-refractivity contribution in [3.8, 4) is 0 Å². The minimum Gasteiger partial charge on any atom is -0.397 e. The third-order valence-corrected chi connectivity index (χ3v) is 3.82. The lowest BCUT2D eigenvalue weighted by Crippen LogP contribution is -2.15. The van der Waals surface area contributed by atoms with E-state index in [1.807, 2.05) is 32.0 Å². The summed E-state index contributed by atoms with van der Waals surface area (Å²) in [6.07, 6.45) is 1.67. The number of nitrogen functional groups attached to an aromatic ring is 1. The van der Waals surface area contributed by atoms with Gasteiger partial charge in [-0.05, 0) is 37.6 Å². The molecule has 20 heavy (non-hydrogen) atoms. The standard InChI is InChI=1S/C15H17N3OS/c1-10-5-6-13(11(2)8-10)18-14(19)9-20-15-12(16)4-3-7-17-15/h3-8H,9,16H2,1-2H3,(H,18,19). The molecule has 0 aliphatic heterocycles. The molecule has 1 heterocycles. The number of aromatic nitrogens is 1. The van der Waals surface area contributed by atoms with Crippen LogP contribution in [0, 0.1) is 13.8 Å². The van der Waals surface area contributed by atoms with Crippen LogP contribution in [0.3, 0.4) is 0 Å². The third-order valence-electron chi connectivity index (χ3n) is 2.80. The van der Waals surface area contributed by atoms with Crippen LogP contribution < -0.4 is 11.1 Å². The van der Waals surface area contributed by atoms with Gasteiger partial charge in [0.15, 0.2) is 0 Å². The summed E-state index contributed by atoms with van der Waals surface area (Å²) >= 11 is 1.34. The highest BCUT2D eigenvalue weighted by Crippen LogP contribution is 2.22. The van der Waals surface area contributed by atoms with Crippen LogP contribution in [0.1, 0.15) is 11.1 Å². The minimum absolute atomic E-state index is 0.0630. The second kappa shape index (κ2) is 6.43. The molecule has 3 N–H and O–H groups in total. The molecule has 104 valence electrons. The van der Waals surface area contributed by atoms with Crippen molar-refractivity contribution < 1.29 is 4.79 Å². The highest BCUT2D eigenvalue weighted by molar-refractivity contribution is 8.00. The molecule has 4 nitrogen and oxygen atoms in total. The zero-order valence-corrected chi connectivity index (χ0v) is 12.3. The van der Waals surface area contributed by atoms with E-state index in [1.54, 1.807) is 18.3 Å². The van der Waals surface area contributed by atoms with Crippen LogP contribution in [-0.4, -0.2) is 16.6 Å². The fraction of sp³-hybridized carbons (Fsp3) is 0.200. The van der Waals surface area contributed by atoms with Crippen LogP contribution in [0.15, 0.2) is 41.6 Å². The Labute approximate surface area is 122 Å². The first kappa shape index (κ1) is 14.4. The van der Waals surface area contributed by atoms with E-state index in [9.17, 15) is 4.79 Å². The molecule has 0 bridgehead atoms. The molecule has 0 saturated carbocycles. The van der Waals surface area contributed by atoms with Crippen LogP contribution in [0.5, 0.6) is 0 Å². The number of thioether (sulfide) groups is 1. The molecule has 0 atom stereocenters. The molecule has 0 radical (unpaired) electrons. The Bertz CT molecular complexity index is 628. The summed E-state index contributed by atoms with van der Waals surface area (Å²) in [6.45, 7) is 4.00. The van der Waals surface area contributed by atoms with Gasteiger partial charge in [-0.15, -0.1) is 0 Å². The molecule has 0 unspecified atom stereocenters. The van der Waals surface area contributed by atoms with Crippen molar-refractivity contribution in [1.82, 2.24) is 4.98 Å². The van der Waals surface area contributed by atoms with Gasteiger partial charge < -0.3 is 11.1 Å². The van der Waals surface area contributed by atoms with E-state index in [0.29, 0.717) is 10.7 Å². The Morgan fingerprint density at radius 2 is 2.15 bits per heavy atom. The fourth-order valence-corrected chi connectivity index (χ4v) is 2.51. The lowest BCUT2D eigenvalue weighted by Gasteiger charge is -2.09. The first-order valence-electron chi connectivity index (χ1n) is 6.26. The molecule has 1 aromatic carbocycles. The predicted molar refractivity (Wildman–Crippen MR) is 83.9 cm³/mol. The molecule has 1 aromatic heterocycles. The first-order chi connectivity index (χ1) is 9.56. The third kappa shape index (κ3) is 3.74. The van der Waals surface area contributed by atoms with Crippen molar-refractivity contribution in [2.24, 2.45) is 0 Å². The van der Waals surface area contributed by atoms with Gasteiger partial charge >= 0.3 is 0 Å². The van der Waals surface area contributed by atoms with Gasteiger partial charge in [0.1, 0.15) is 5.03 Å². The molecule has 2 aromatic rings. The van der Waals surface area contributed by atoms with Crippen molar-refractivity contribution in [2.75, 3.05) is 16.8 Å². The van der Waals surface area contributed by atoms with Crippen LogP contribution in [0.2, 0.25) is 0 Å². The van der Waals surface area contributed by atoms with Gasteiger partial charge in [-0.25, -0.2) is 4.98 Å². The molecule has 1 amide bonds. The number of carbonyl (C=O) groups is 1. The monoisotopic (exact) mass is 287 g/mol. The number of nitrogens with two attached hydrogens (primary N) is 1. The van der Waals surface area contributed by atoms with E-state index in [0.717, 1.165) is 11.3 Å². The van der Waals surface area contributed by atoms with Crippen molar-refractivity contribution in [2.45, 2.75) is 18.9 Å². The topological polar surface area (TPSA) is 68.0 Å². The fourth-order valence-electron chi connectivity index (χ4n) is 1.80. The largest absolute Gasteiger partial charge is 0.397 e. The van der Waals surface area contributed by atoms with Crippen LogP contribution in [-0.2, 0) is 4.79 Å². The maximum Gasteiger partial charge on any atom is 0.234 e. The Morgan fingerprint density at radius 3 is 2.85 bits per heavy atom. The Hall–Kier alpha value is -2.01. The number of anilines is 2. The van der Waals surface area contributed by atoms with Gasteiger partial charge in [-0.1, -0.05) is 29.5 Å². The van der Waals surface area contributed by atoms with E-state index >= 15 is 0 Å². The lowest BCUT2D eigenvalue weighted by atomic mass is 10.1. The highest BCUT2D eigenvalue weighted by Gasteiger charge is 2.08. The first-order valence-corrected chi connectivity index (χ1v) is 7.25. The van der Waals surface area contributed by atoms with Gasteiger partial charge in [0, 0.05) is 11.9 Å². The molecule has 0 aliphatic rings. The molecule has 0 fully saturated rings. The highest BCUT2D eigenvalue weighted by atomic mass is 32.2. The summed E-state index contributed by atoms with van der Waals surface area (Å²) in [5.41, 5.74) is 9.46. The summed E-state index contributed by atoms with van der Waals surface area (Å²) in [6, 6.07) is 9.49. The Morgan fingerprint density at radius 1 is 1.35 bits per heavy atom. The number of aryl methyl sites for hydroxylation is 2. The van der Waals surface area contributed by atoms with Gasteiger partial charge in [-0.2, -0.15) is 0 Å². The number of hydrogen-bond acceptors (Lipinski definition) is 4. The maximum absolute atomic E-state index is 11.9. The maximum atomic E-state index is 11.9. The average Bonchev–Trinajstić information content (AvgIpc) is 2.41. The van der Waals surface area contributed by atoms with E-state index in [-0.39, 0.29) is 11.7 Å². The average molecular weight is 287 g/mol. The van der Waals surface area contributed by atoms with Gasteiger partial charge in [-0.3, -0.25) is 4.79 Å². The minimum atomic E-state index is -0.0630. The number of nitrogens with one attached hydrogen (secondary N) is 1. The van der Waals surface area contributed by atoms with Crippen molar-refractivity contribution in [3.05, 3.63) is 47.7 Å². The molecular weight excluding hydrogens is 270 g/mol. The van der Waals surface area contributed by atoms with Crippen LogP contribution >= 0.6 is 11.8 Å². The summed E-state index contributed by atoms with van der Waals surface area (Å²) in [5, 5.41) is 3.58. The van der Waals surface area contributed by atoms with Crippen LogP contribution in [0.4, 0.5) is 11.4 Å². The number of nitrogens with zero attached hydrogens (tertiary/aromatic N) is 1. The molecule has 0 spiro atoms. The molecule has 0 aliphatic carbocycles. The molecule has 0 saturated heterocycles. The molecular formula is C15H17N3OS. The number of benzene rings is 1. The molecule has 5 heteroatoms. The number of rotatable bonds is 4. The number of pyridine rings is 1. The Balaban J connectivity index is 1.94. The van der Waals surface area contributed by atoms with Gasteiger partial charge in [0.25, 0.3) is 0 Å². The van der Waals surface area contributed by atoms with Crippen molar-refractivity contribution >= 4 is 29.0 Å². The summed E-state index contributed by atoms with van der Waals surface area (Å²) < 4.78 is 0. The second-order valence-corrected chi connectivity index (χ2v) is 5.52. The van der Waals surface area contributed by atoms with E-state index < -0.39 is 0 Å². The van der Waals surface area contributed by atoms with Gasteiger partial charge in [0.2, 0.25) is 5.91 Å². The van der Waals surface area contributed by atoms with E-state index in [2.05, 4.69) is 10.3 Å². The SMILES string of the molecule is Cc1ccc(NC(=O)CSc2ncccc2N)c(C)c1. The summed E-state index contributed by atoms with van der Waals surface area (Å²) in [7, 11) is 0. The lowest BCUT2D eigenvalue weighted by molar-refractivity contribution is -0.113. The van der Waals surface area contributed by atoms with Crippen LogP contribution in [0.25, 0.3) is 0 Å². The second-order valence-electron chi connectivity index (χ2n) is 4.55. The number of amides is 1. The summed E-state index contributed by atoms with van der Waals surface area (Å²) in [4.78, 5) is 16.1. The zero-order chi connectivity index (χ0) is 14.5. The smallest absolute Gasteiger partial charge is 0.234 e. The van der Waals surface area contributed by atoms with E-state index in [1.165, 1.54) is 17.3 Å². The van der Waals surface area contributed by atoms with Crippen molar-refractivity contribution in [1.29, 1.82) is 0 Å². The van der Waals surface area contributed by atoms with E-state index in [4.69, 9.17) is 5.73 Å². The number of carbonyl (C=O) groups excluding carboxylic acids is 1. The zero-order valence-electron chi connectivity index (χ0n) is 11.5. The van der Waals surface area contributed by atoms with Crippen molar-refractivity contribution in [3.63, 3.8) is 0 Å².